The Bertz CT molecular complexity index is 1240. The Morgan fingerprint density at radius 2 is 1.62 bits per heavy atom. The fourth-order valence-corrected chi connectivity index (χ4v) is 5.09. The summed E-state index contributed by atoms with van der Waals surface area (Å²) in [6.07, 6.45) is 0.885. The molecule has 5 rings (SSSR count). The van der Waals surface area contributed by atoms with Crippen molar-refractivity contribution >= 4 is 17.5 Å². The molecule has 0 saturated carbocycles. The number of rotatable bonds is 4. The van der Waals surface area contributed by atoms with Gasteiger partial charge in [0.05, 0.1) is 23.8 Å². The van der Waals surface area contributed by atoms with Crippen molar-refractivity contribution in [3.05, 3.63) is 89.5 Å². The smallest absolute Gasteiger partial charge is 0.255 e. The van der Waals surface area contributed by atoms with E-state index in [0.717, 1.165) is 40.7 Å². The molecule has 3 aromatic rings. The van der Waals surface area contributed by atoms with E-state index in [0.29, 0.717) is 5.69 Å². The highest BCUT2D eigenvalue weighted by Gasteiger charge is 2.34. The minimum Gasteiger partial charge on any atom is -0.387 e. The fraction of sp³-hybridized carbons (Fsp3) is 0.286. The number of aryl methyl sites for hydroxylation is 1. The highest BCUT2D eigenvalue weighted by atomic mass is 16.3. The van der Waals surface area contributed by atoms with Crippen LogP contribution in [0.5, 0.6) is 0 Å². The van der Waals surface area contributed by atoms with E-state index in [1.54, 1.807) is 6.92 Å². The maximum Gasteiger partial charge on any atom is 0.255 e. The van der Waals surface area contributed by atoms with E-state index >= 15 is 0 Å². The van der Waals surface area contributed by atoms with Crippen molar-refractivity contribution in [1.29, 1.82) is 0 Å². The van der Waals surface area contributed by atoms with Gasteiger partial charge in [0.15, 0.2) is 0 Å². The lowest BCUT2D eigenvalue weighted by atomic mass is 9.85. The van der Waals surface area contributed by atoms with Gasteiger partial charge in [-0.15, -0.1) is 0 Å². The average molecular weight is 456 g/mol. The van der Waals surface area contributed by atoms with Gasteiger partial charge in [-0.05, 0) is 55.0 Å². The lowest BCUT2D eigenvalue weighted by Gasteiger charge is -2.33. The molecule has 0 bridgehead atoms. The number of hydrogen-bond donors (Lipinski definition) is 3. The van der Waals surface area contributed by atoms with Crippen LogP contribution >= 0.6 is 0 Å². The van der Waals surface area contributed by atoms with Gasteiger partial charge in [-0.25, -0.2) is 5.01 Å². The Balaban J connectivity index is 1.37. The first kappa shape index (κ1) is 22.3. The number of fused-ring (bicyclic) bond motifs is 4. The van der Waals surface area contributed by atoms with Gasteiger partial charge in [0, 0.05) is 11.6 Å². The Labute approximate surface area is 199 Å². The monoisotopic (exact) mass is 455 g/mol. The SMILES string of the molecule is CC1C(=O)N(NC(=O)[C@H](C)NC2CCc3ccccc3C2O)c2ccccc2-c2ccccc21. The molecule has 6 nitrogen and oxygen atoms in total. The number of amides is 2. The van der Waals surface area contributed by atoms with Crippen molar-refractivity contribution in [2.75, 3.05) is 5.01 Å². The highest BCUT2D eigenvalue weighted by molar-refractivity contribution is 6.06. The molecule has 174 valence electrons. The average Bonchev–Trinajstić information content (AvgIpc) is 2.95. The maximum absolute atomic E-state index is 13.5. The Morgan fingerprint density at radius 1 is 0.971 bits per heavy atom. The Hall–Kier alpha value is -3.48. The number of aliphatic hydroxyl groups is 1. The standard InChI is InChI=1S/C28H29N3O3/c1-17-20-10-5-6-12-22(20)23-13-7-8-14-25(23)31(28(17)34)30-27(33)18(2)29-24-16-15-19-9-3-4-11-21(19)26(24)32/h3-14,17-18,24,26,29,32H,15-16H2,1-2H3,(H,30,33)/t17?,18-,24?,26?/m0/s1. The number of para-hydroxylation sites is 1. The minimum atomic E-state index is -0.685. The number of hydrogen-bond acceptors (Lipinski definition) is 4. The lowest BCUT2D eigenvalue weighted by molar-refractivity contribution is -0.127. The molecule has 34 heavy (non-hydrogen) atoms. The van der Waals surface area contributed by atoms with E-state index in [-0.39, 0.29) is 17.9 Å². The molecule has 6 heteroatoms. The van der Waals surface area contributed by atoms with Crippen LogP contribution in [0.15, 0.2) is 72.8 Å². The van der Waals surface area contributed by atoms with Crippen molar-refractivity contribution in [2.24, 2.45) is 0 Å². The molecule has 2 aliphatic rings. The van der Waals surface area contributed by atoms with Gasteiger partial charge in [-0.3, -0.25) is 15.0 Å². The maximum atomic E-state index is 13.5. The fourth-order valence-electron chi connectivity index (χ4n) is 5.09. The zero-order valence-electron chi connectivity index (χ0n) is 19.4. The topological polar surface area (TPSA) is 81.7 Å². The molecule has 0 aromatic heterocycles. The van der Waals surface area contributed by atoms with E-state index in [4.69, 9.17) is 0 Å². The Kier molecular flexibility index (Phi) is 5.94. The number of nitrogens with one attached hydrogen (secondary N) is 2. The van der Waals surface area contributed by atoms with Crippen molar-refractivity contribution in [2.45, 2.75) is 50.8 Å². The number of aliphatic hydroxyl groups excluding tert-OH is 1. The molecule has 4 atom stereocenters. The summed E-state index contributed by atoms with van der Waals surface area (Å²) in [7, 11) is 0. The van der Waals surface area contributed by atoms with E-state index < -0.39 is 18.1 Å². The predicted octanol–water partition coefficient (Wildman–Crippen LogP) is 3.86. The van der Waals surface area contributed by atoms with Crippen LogP contribution in [0.1, 0.15) is 49.0 Å². The van der Waals surface area contributed by atoms with Crippen LogP contribution in [-0.4, -0.2) is 29.0 Å². The highest BCUT2D eigenvalue weighted by Crippen LogP contribution is 2.40. The molecule has 1 aliphatic carbocycles. The molecule has 0 fully saturated rings. The van der Waals surface area contributed by atoms with Gasteiger partial charge in [0.25, 0.3) is 11.8 Å². The number of nitrogens with zero attached hydrogens (tertiary/aromatic N) is 1. The molecule has 0 radical (unpaired) electrons. The molecule has 3 unspecified atom stereocenters. The van der Waals surface area contributed by atoms with Crippen LogP contribution in [0.2, 0.25) is 0 Å². The van der Waals surface area contributed by atoms with E-state index in [1.807, 2.05) is 79.7 Å². The first-order valence-corrected chi connectivity index (χ1v) is 11.8. The number of hydrazine groups is 1. The van der Waals surface area contributed by atoms with Gasteiger partial charge < -0.3 is 10.4 Å². The normalized spacial score (nSPS) is 22.1. The van der Waals surface area contributed by atoms with Gasteiger partial charge in [0.2, 0.25) is 0 Å². The van der Waals surface area contributed by atoms with E-state index in [2.05, 4.69) is 10.7 Å². The number of carbonyl (C=O) groups is 2. The summed E-state index contributed by atoms with van der Waals surface area (Å²) in [5, 5.41) is 15.5. The molecule has 3 N–H and O–H groups in total. The Morgan fingerprint density at radius 3 is 2.41 bits per heavy atom. The molecule has 0 saturated heterocycles. The lowest BCUT2D eigenvalue weighted by Crippen LogP contribution is -2.55. The van der Waals surface area contributed by atoms with Crippen molar-refractivity contribution < 1.29 is 14.7 Å². The summed E-state index contributed by atoms with van der Waals surface area (Å²) in [4.78, 5) is 26.7. The first-order valence-electron chi connectivity index (χ1n) is 11.8. The van der Waals surface area contributed by atoms with Crippen LogP contribution in [0.3, 0.4) is 0 Å². The largest absolute Gasteiger partial charge is 0.387 e. The van der Waals surface area contributed by atoms with Gasteiger partial charge in [-0.1, -0.05) is 66.7 Å². The van der Waals surface area contributed by atoms with Gasteiger partial charge in [0.1, 0.15) is 0 Å². The second-order valence-corrected chi connectivity index (χ2v) is 9.15. The summed E-state index contributed by atoms with van der Waals surface area (Å²) in [6.45, 7) is 3.62. The number of anilines is 1. The quantitative estimate of drug-likeness (QED) is 0.558. The van der Waals surface area contributed by atoms with Crippen LogP contribution in [0.4, 0.5) is 5.69 Å². The van der Waals surface area contributed by atoms with Crippen LogP contribution in [0, 0.1) is 0 Å². The zero-order chi connectivity index (χ0) is 23.8. The second-order valence-electron chi connectivity index (χ2n) is 9.15. The molecule has 1 heterocycles. The summed E-state index contributed by atoms with van der Waals surface area (Å²) in [6, 6.07) is 22.5. The molecule has 2 amide bonds. The number of carbonyl (C=O) groups excluding carboxylic acids is 2. The van der Waals surface area contributed by atoms with Crippen LogP contribution in [0.25, 0.3) is 11.1 Å². The summed E-state index contributed by atoms with van der Waals surface area (Å²) < 4.78 is 0. The van der Waals surface area contributed by atoms with E-state index in [9.17, 15) is 14.7 Å². The van der Waals surface area contributed by atoms with Gasteiger partial charge in [-0.2, -0.15) is 0 Å². The predicted molar refractivity (Wildman–Crippen MR) is 132 cm³/mol. The molecular formula is C28H29N3O3. The zero-order valence-corrected chi connectivity index (χ0v) is 19.4. The number of benzene rings is 3. The summed E-state index contributed by atoms with van der Waals surface area (Å²) in [5.41, 5.74) is 8.38. The minimum absolute atomic E-state index is 0.190. The van der Waals surface area contributed by atoms with Crippen molar-refractivity contribution in [3.8, 4) is 11.1 Å². The molecule has 1 aliphatic heterocycles. The molecule has 0 spiro atoms. The van der Waals surface area contributed by atoms with Crippen LogP contribution < -0.4 is 15.8 Å². The molecule has 3 aromatic carbocycles. The van der Waals surface area contributed by atoms with E-state index in [1.165, 1.54) is 5.01 Å². The van der Waals surface area contributed by atoms with Gasteiger partial charge >= 0.3 is 0 Å². The summed E-state index contributed by atoms with van der Waals surface area (Å²) in [5.74, 6) is -0.930. The molecular weight excluding hydrogens is 426 g/mol. The van der Waals surface area contributed by atoms with Crippen LogP contribution in [-0.2, 0) is 16.0 Å². The third-order valence-electron chi connectivity index (χ3n) is 7.01. The third kappa shape index (κ3) is 3.89. The third-order valence-corrected chi connectivity index (χ3v) is 7.01. The first-order chi connectivity index (χ1) is 16.5. The van der Waals surface area contributed by atoms with Crippen molar-refractivity contribution in [3.63, 3.8) is 0 Å². The summed E-state index contributed by atoms with van der Waals surface area (Å²) >= 11 is 0. The second kappa shape index (κ2) is 9.05. The van der Waals surface area contributed by atoms with Crippen molar-refractivity contribution in [1.82, 2.24) is 10.7 Å².